The van der Waals surface area contributed by atoms with Crippen LogP contribution in [0.4, 0.5) is 11.4 Å². The highest BCUT2D eigenvalue weighted by molar-refractivity contribution is 5.95. The molecule has 126 valence electrons. The highest BCUT2D eigenvalue weighted by atomic mass is 16.1. The zero-order valence-electron chi connectivity index (χ0n) is 14.6. The number of benzene rings is 2. The van der Waals surface area contributed by atoms with E-state index in [9.17, 15) is 4.79 Å². The third-order valence-corrected chi connectivity index (χ3v) is 4.03. The summed E-state index contributed by atoms with van der Waals surface area (Å²) >= 11 is 0. The minimum atomic E-state index is 0.0251. The number of hydrogen-bond donors (Lipinski definition) is 0. The molecule has 3 rings (SSSR count). The van der Waals surface area contributed by atoms with Crippen LogP contribution in [0.2, 0.25) is 0 Å². The molecule has 0 saturated carbocycles. The molecular formula is C20H20N4O. The van der Waals surface area contributed by atoms with Crippen LogP contribution in [-0.4, -0.2) is 15.6 Å². The van der Waals surface area contributed by atoms with Gasteiger partial charge in [-0.2, -0.15) is 10.2 Å². The van der Waals surface area contributed by atoms with E-state index < -0.39 is 0 Å². The van der Waals surface area contributed by atoms with E-state index in [1.807, 2.05) is 75.4 Å². The molecular weight excluding hydrogens is 312 g/mol. The Morgan fingerprint density at radius 3 is 2.32 bits per heavy atom. The van der Waals surface area contributed by atoms with Crippen molar-refractivity contribution in [3.8, 4) is 0 Å². The first kappa shape index (κ1) is 16.8. The number of aromatic nitrogens is 2. The molecule has 0 fully saturated rings. The van der Waals surface area contributed by atoms with Crippen molar-refractivity contribution in [2.24, 2.45) is 10.2 Å². The Hall–Kier alpha value is -3.08. The average Bonchev–Trinajstić information content (AvgIpc) is 2.88. The van der Waals surface area contributed by atoms with Crippen LogP contribution < -0.4 is 0 Å². The van der Waals surface area contributed by atoms with Crippen LogP contribution in [0.1, 0.15) is 27.3 Å². The molecule has 5 nitrogen and oxygen atoms in total. The second-order valence-corrected chi connectivity index (χ2v) is 6.00. The van der Waals surface area contributed by atoms with Crippen molar-refractivity contribution in [2.45, 2.75) is 27.3 Å². The maximum absolute atomic E-state index is 12.5. The minimum Gasteiger partial charge on any atom is -0.292 e. The van der Waals surface area contributed by atoms with Gasteiger partial charge in [-0.1, -0.05) is 48.0 Å². The number of nitrogens with zero attached hydrogens (tertiary/aromatic N) is 4. The highest BCUT2D eigenvalue weighted by Gasteiger charge is 2.14. The Labute approximate surface area is 147 Å². The standard InChI is InChI=1S/C20H20N4O/c1-14-9-11-17(12-10-14)19(25)13-24-16(3)20(15(2)23-24)22-21-18-7-5-4-6-8-18/h4-12H,13H2,1-3H3. The maximum Gasteiger partial charge on any atom is 0.184 e. The summed E-state index contributed by atoms with van der Waals surface area (Å²) in [5.74, 6) is 0.0251. The zero-order chi connectivity index (χ0) is 17.8. The first-order valence-electron chi connectivity index (χ1n) is 8.15. The molecule has 0 atom stereocenters. The first-order valence-corrected chi connectivity index (χ1v) is 8.15. The Morgan fingerprint density at radius 1 is 0.960 bits per heavy atom. The van der Waals surface area contributed by atoms with Crippen molar-refractivity contribution in [3.63, 3.8) is 0 Å². The van der Waals surface area contributed by atoms with E-state index in [4.69, 9.17) is 0 Å². The number of rotatable bonds is 5. The maximum atomic E-state index is 12.5. The van der Waals surface area contributed by atoms with Gasteiger partial charge in [0.1, 0.15) is 12.2 Å². The van der Waals surface area contributed by atoms with Gasteiger partial charge in [0.2, 0.25) is 0 Å². The lowest BCUT2D eigenvalue weighted by atomic mass is 10.1. The van der Waals surface area contributed by atoms with Crippen molar-refractivity contribution in [3.05, 3.63) is 77.1 Å². The number of Topliss-reactive ketones (excluding diaryl/α,β-unsaturated/α-hetero) is 1. The summed E-state index contributed by atoms with van der Waals surface area (Å²) < 4.78 is 1.69. The molecule has 0 bridgehead atoms. The molecule has 0 unspecified atom stereocenters. The van der Waals surface area contributed by atoms with Crippen molar-refractivity contribution in [2.75, 3.05) is 0 Å². The fraction of sp³-hybridized carbons (Fsp3) is 0.200. The molecule has 0 N–H and O–H groups in total. The smallest absolute Gasteiger partial charge is 0.184 e. The molecule has 0 aliphatic rings. The highest BCUT2D eigenvalue weighted by Crippen LogP contribution is 2.25. The summed E-state index contributed by atoms with van der Waals surface area (Å²) in [7, 11) is 0. The Kier molecular flexibility index (Phi) is 4.84. The van der Waals surface area contributed by atoms with E-state index in [0.717, 1.165) is 22.6 Å². The molecule has 2 aromatic carbocycles. The van der Waals surface area contributed by atoms with E-state index in [-0.39, 0.29) is 12.3 Å². The molecule has 0 saturated heterocycles. The molecule has 0 aliphatic heterocycles. The van der Waals surface area contributed by atoms with Crippen LogP contribution >= 0.6 is 0 Å². The van der Waals surface area contributed by atoms with Crippen molar-refractivity contribution in [1.29, 1.82) is 0 Å². The Bertz CT molecular complexity index is 909. The van der Waals surface area contributed by atoms with Gasteiger partial charge in [-0.15, -0.1) is 5.11 Å². The summed E-state index contributed by atoms with van der Waals surface area (Å²) in [6, 6.07) is 17.1. The van der Waals surface area contributed by atoms with Gasteiger partial charge in [0.25, 0.3) is 0 Å². The number of carbonyl (C=O) groups is 1. The lowest BCUT2D eigenvalue weighted by Crippen LogP contribution is -2.13. The Balaban J connectivity index is 1.81. The van der Waals surface area contributed by atoms with Crippen molar-refractivity contribution < 1.29 is 4.79 Å². The fourth-order valence-electron chi connectivity index (χ4n) is 2.56. The van der Waals surface area contributed by atoms with Gasteiger partial charge in [0, 0.05) is 5.56 Å². The molecule has 25 heavy (non-hydrogen) atoms. The van der Waals surface area contributed by atoms with Gasteiger partial charge in [-0.05, 0) is 32.9 Å². The summed E-state index contributed by atoms with van der Waals surface area (Å²) in [6.07, 6.45) is 0. The molecule has 0 aliphatic carbocycles. The van der Waals surface area contributed by atoms with E-state index in [2.05, 4.69) is 15.3 Å². The third kappa shape index (κ3) is 3.88. The average molecular weight is 332 g/mol. The number of azo groups is 1. The molecule has 1 aromatic heterocycles. The number of carbonyl (C=O) groups excluding carboxylic acids is 1. The quantitative estimate of drug-likeness (QED) is 0.481. The zero-order valence-corrected chi connectivity index (χ0v) is 14.6. The molecule has 1 heterocycles. The molecule has 3 aromatic rings. The fourth-order valence-corrected chi connectivity index (χ4v) is 2.56. The third-order valence-electron chi connectivity index (χ3n) is 4.03. The SMILES string of the molecule is Cc1ccc(C(=O)Cn2nc(C)c(N=Nc3ccccc3)c2C)cc1. The van der Waals surface area contributed by atoms with Crippen LogP contribution in [0.25, 0.3) is 0 Å². The number of aryl methyl sites for hydroxylation is 2. The summed E-state index contributed by atoms with van der Waals surface area (Å²) in [5.41, 5.74) is 4.90. The number of ketones is 1. The van der Waals surface area contributed by atoms with Gasteiger partial charge in [-0.25, -0.2) is 0 Å². The predicted molar refractivity (Wildman–Crippen MR) is 97.8 cm³/mol. The van der Waals surface area contributed by atoms with Crippen LogP contribution in [-0.2, 0) is 6.54 Å². The summed E-state index contributed by atoms with van der Waals surface area (Å²) in [6.45, 7) is 5.97. The summed E-state index contributed by atoms with van der Waals surface area (Å²) in [4.78, 5) is 12.5. The molecule has 0 amide bonds. The van der Waals surface area contributed by atoms with Gasteiger partial charge < -0.3 is 0 Å². The van der Waals surface area contributed by atoms with Gasteiger partial charge >= 0.3 is 0 Å². The van der Waals surface area contributed by atoms with Gasteiger partial charge in [0.05, 0.1) is 17.1 Å². The van der Waals surface area contributed by atoms with Crippen molar-refractivity contribution in [1.82, 2.24) is 9.78 Å². The van der Waals surface area contributed by atoms with E-state index in [0.29, 0.717) is 11.3 Å². The predicted octanol–water partition coefficient (Wildman–Crippen LogP) is 5.11. The van der Waals surface area contributed by atoms with Crippen LogP contribution in [0.5, 0.6) is 0 Å². The first-order chi connectivity index (χ1) is 12.0. The van der Waals surface area contributed by atoms with Crippen LogP contribution in [0.3, 0.4) is 0 Å². The Morgan fingerprint density at radius 2 is 1.64 bits per heavy atom. The van der Waals surface area contributed by atoms with Crippen LogP contribution in [0.15, 0.2) is 64.8 Å². The molecule has 0 spiro atoms. The normalized spacial score (nSPS) is 11.2. The monoisotopic (exact) mass is 332 g/mol. The largest absolute Gasteiger partial charge is 0.292 e. The molecule has 5 heteroatoms. The second kappa shape index (κ2) is 7.21. The topological polar surface area (TPSA) is 59.6 Å². The number of hydrogen-bond acceptors (Lipinski definition) is 4. The molecule has 0 radical (unpaired) electrons. The lowest BCUT2D eigenvalue weighted by molar-refractivity contribution is 0.0967. The minimum absolute atomic E-state index is 0.0251. The summed E-state index contributed by atoms with van der Waals surface area (Å²) in [5, 5.41) is 13.0. The second-order valence-electron chi connectivity index (χ2n) is 6.00. The van der Waals surface area contributed by atoms with Crippen molar-refractivity contribution >= 4 is 17.2 Å². The lowest BCUT2D eigenvalue weighted by Gasteiger charge is -2.04. The van der Waals surface area contributed by atoms with E-state index >= 15 is 0 Å². The van der Waals surface area contributed by atoms with Gasteiger partial charge in [0.15, 0.2) is 5.78 Å². The van der Waals surface area contributed by atoms with E-state index in [1.165, 1.54) is 0 Å². The van der Waals surface area contributed by atoms with Gasteiger partial charge in [-0.3, -0.25) is 9.48 Å². The van der Waals surface area contributed by atoms with Crippen LogP contribution in [0, 0.1) is 20.8 Å². The van der Waals surface area contributed by atoms with E-state index in [1.54, 1.807) is 4.68 Å².